The summed E-state index contributed by atoms with van der Waals surface area (Å²) in [6.07, 6.45) is 15.0. The van der Waals surface area contributed by atoms with Crippen LogP contribution in [0.3, 0.4) is 0 Å². The van der Waals surface area contributed by atoms with Gasteiger partial charge >= 0.3 is 0 Å². The number of allylic oxidation sites excluding steroid dienone is 8. The van der Waals surface area contributed by atoms with Crippen LogP contribution in [0.4, 0.5) is 8.78 Å². The first kappa shape index (κ1) is 50.4. The second-order valence-corrected chi connectivity index (χ2v) is 18.0. The molecule has 5 rings (SSSR count). The maximum Gasteiger partial charge on any atom is 0.209 e. The number of aliphatic imine (C=N–C) groups is 1. The first-order chi connectivity index (χ1) is 28.6. The van der Waals surface area contributed by atoms with Gasteiger partial charge in [-0.3, -0.25) is 4.79 Å². The van der Waals surface area contributed by atoms with Gasteiger partial charge in [0.15, 0.2) is 11.6 Å². The summed E-state index contributed by atoms with van der Waals surface area (Å²) in [7, 11) is 3.34. The average molecular weight is 847 g/mol. The summed E-state index contributed by atoms with van der Waals surface area (Å²) in [6.45, 7) is 28.2. The third kappa shape index (κ3) is 12.8. The van der Waals surface area contributed by atoms with Crippen LogP contribution in [0.25, 0.3) is 15.7 Å². The van der Waals surface area contributed by atoms with Gasteiger partial charge in [-0.2, -0.15) is 5.26 Å². The smallest absolute Gasteiger partial charge is 0.209 e. The molecular weight excluding hydrogens is 775 g/mol. The number of benzene rings is 1. The van der Waals surface area contributed by atoms with Gasteiger partial charge in [-0.15, -0.1) is 11.3 Å². The number of carbonyl (C=O) groups excluding carboxylic acids is 1. The van der Waals surface area contributed by atoms with Gasteiger partial charge in [0, 0.05) is 59.4 Å². The molecule has 330 valence electrons. The first-order valence-corrected chi connectivity index (χ1v) is 22.8. The lowest BCUT2D eigenvalue weighted by Crippen LogP contribution is -2.39. The van der Waals surface area contributed by atoms with Crippen molar-refractivity contribution >= 4 is 38.5 Å². The number of rotatable bonds is 16. The van der Waals surface area contributed by atoms with Crippen LogP contribution in [0, 0.1) is 34.9 Å². The number of thiophene rings is 1. The van der Waals surface area contributed by atoms with Crippen molar-refractivity contribution in [2.45, 2.75) is 132 Å². The van der Waals surface area contributed by atoms with E-state index in [1.165, 1.54) is 69.9 Å². The zero-order valence-corrected chi connectivity index (χ0v) is 39.4. The van der Waals surface area contributed by atoms with Crippen LogP contribution in [0.5, 0.6) is 0 Å². The molecule has 0 radical (unpaired) electrons. The van der Waals surface area contributed by atoms with Gasteiger partial charge in [0.05, 0.1) is 24.0 Å². The number of hydrogen-bond acceptors (Lipinski definition) is 8. The molecule has 0 amide bonds. The first-order valence-electron chi connectivity index (χ1n) is 22.0. The second-order valence-electron chi connectivity index (χ2n) is 16.9. The van der Waals surface area contributed by atoms with Crippen molar-refractivity contribution in [3.63, 3.8) is 0 Å². The molecule has 1 aliphatic carbocycles. The van der Waals surface area contributed by atoms with Crippen LogP contribution in [-0.2, 0) is 14.3 Å². The van der Waals surface area contributed by atoms with E-state index in [0.717, 1.165) is 54.9 Å². The van der Waals surface area contributed by atoms with Gasteiger partial charge in [-0.25, -0.2) is 13.8 Å². The minimum absolute atomic E-state index is 0.0185. The van der Waals surface area contributed by atoms with E-state index >= 15 is 8.78 Å². The minimum atomic E-state index is -0.522. The fourth-order valence-corrected chi connectivity index (χ4v) is 9.68. The monoisotopic (exact) mass is 847 g/mol. The Morgan fingerprint density at radius 1 is 1.12 bits per heavy atom. The maximum absolute atomic E-state index is 17.0. The Balaban J connectivity index is 0.000000495. The second kappa shape index (κ2) is 24.5. The lowest BCUT2D eigenvalue weighted by Gasteiger charge is -2.38. The Morgan fingerprint density at radius 3 is 2.35 bits per heavy atom. The molecule has 3 heterocycles. The van der Waals surface area contributed by atoms with Gasteiger partial charge in [-0.1, -0.05) is 79.7 Å². The number of carbonyl (C=O) groups is 1. The molecule has 2 aliphatic heterocycles. The fraction of sp³-hybridized carbons (Fsp3) is 0.580. The minimum Gasteiger partial charge on any atom is -0.481 e. The van der Waals surface area contributed by atoms with E-state index in [1.54, 1.807) is 12.1 Å². The van der Waals surface area contributed by atoms with Crippen LogP contribution in [0.15, 0.2) is 71.0 Å². The van der Waals surface area contributed by atoms with Crippen LogP contribution in [-0.4, -0.2) is 73.8 Å². The van der Waals surface area contributed by atoms with Crippen molar-refractivity contribution in [2.75, 3.05) is 40.5 Å². The van der Waals surface area contributed by atoms with Crippen LogP contribution in [0.2, 0.25) is 0 Å². The predicted molar refractivity (Wildman–Crippen MR) is 248 cm³/mol. The number of hydrogen-bond donors (Lipinski definition) is 0. The van der Waals surface area contributed by atoms with Crippen molar-refractivity contribution in [1.82, 2.24) is 9.80 Å². The van der Waals surface area contributed by atoms with Crippen LogP contribution in [0.1, 0.15) is 136 Å². The fourth-order valence-electron chi connectivity index (χ4n) is 8.50. The normalized spacial score (nSPS) is 20.4. The van der Waals surface area contributed by atoms with Crippen molar-refractivity contribution in [3.05, 3.63) is 87.8 Å². The van der Waals surface area contributed by atoms with E-state index in [9.17, 15) is 10.1 Å². The molecule has 4 unspecified atom stereocenters. The molecule has 2 saturated heterocycles. The molecule has 0 spiro atoms. The van der Waals surface area contributed by atoms with Gasteiger partial charge in [-0.05, 0) is 113 Å². The van der Waals surface area contributed by atoms with Crippen LogP contribution >= 0.6 is 11.3 Å². The molecule has 3 aliphatic rings. The molecular formula is C50H72F2N4O3S. The SMILES string of the molecule is C=CC(C)=O.CC/C=C(/N=C1/C(F)=C(c2ccc(F)c3sc(C(C)C)c(C#N)c23)C=C/C1=C(/C)N(CC)C(CCC(C)CC)C(C)C)OC.COCC1CC2CCCN2C1. The summed E-state index contributed by atoms with van der Waals surface area (Å²) >= 11 is 1.27. The number of methoxy groups -OCH3 is 2. The van der Waals surface area contributed by atoms with E-state index in [0.29, 0.717) is 50.9 Å². The lowest BCUT2D eigenvalue weighted by atomic mass is 9.88. The standard InChI is InChI=1S/C37H49F2N3OS.C9H17NO.C4H6O/c1-11-14-32(43-10)41-35-26(25(9)42(13-3)31(22(4)5)20-15-24(8)12-2)16-17-28(34(35)39)27-18-19-30(38)37-33(27)29(21-40)36(44-37)23(6)7;1-11-7-8-5-9-3-2-4-10(9)6-8;1-3-4(2)5/h14,16-19,22-24,31H,11-13,15,20H2,1-10H3;8-9H,2-7H2,1H3;3H,1H2,2H3/b26-25+,32-14-,41-35+;;. The van der Waals surface area contributed by atoms with Crippen molar-refractivity contribution in [2.24, 2.45) is 22.7 Å². The summed E-state index contributed by atoms with van der Waals surface area (Å²) < 4.78 is 43.2. The molecule has 2 aromatic rings. The van der Waals surface area contributed by atoms with Crippen molar-refractivity contribution in [3.8, 4) is 6.07 Å². The summed E-state index contributed by atoms with van der Waals surface area (Å²) in [5.41, 5.74) is 2.99. The Kier molecular flexibility index (Phi) is 20.6. The molecule has 0 N–H and O–H groups in total. The highest BCUT2D eigenvalue weighted by molar-refractivity contribution is 7.19. The molecule has 10 heteroatoms. The zero-order valence-electron chi connectivity index (χ0n) is 38.6. The Labute approximate surface area is 364 Å². The Bertz CT molecular complexity index is 1950. The molecule has 1 aromatic carbocycles. The predicted octanol–water partition coefficient (Wildman–Crippen LogP) is 12.9. The molecule has 2 fully saturated rings. The molecule has 0 saturated carbocycles. The van der Waals surface area contributed by atoms with E-state index in [-0.39, 0.29) is 29.0 Å². The highest BCUT2D eigenvalue weighted by Crippen LogP contribution is 2.43. The van der Waals surface area contributed by atoms with Gasteiger partial charge in [0.1, 0.15) is 17.6 Å². The number of halogens is 2. The summed E-state index contributed by atoms with van der Waals surface area (Å²) in [5, 5.41) is 10.6. The molecule has 1 aromatic heterocycles. The van der Waals surface area contributed by atoms with Crippen molar-refractivity contribution in [1.29, 1.82) is 5.26 Å². The number of fused-ring (bicyclic) bond motifs is 2. The molecule has 7 nitrogen and oxygen atoms in total. The molecule has 0 bridgehead atoms. The maximum atomic E-state index is 17.0. The number of nitriles is 1. The molecule has 60 heavy (non-hydrogen) atoms. The quantitative estimate of drug-likeness (QED) is 0.124. The van der Waals surface area contributed by atoms with E-state index in [4.69, 9.17) is 14.5 Å². The zero-order chi connectivity index (χ0) is 44.7. The third-order valence-electron chi connectivity index (χ3n) is 11.9. The van der Waals surface area contributed by atoms with Gasteiger partial charge in [0.25, 0.3) is 0 Å². The van der Waals surface area contributed by atoms with E-state index in [1.807, 2.05) is 47.0 Å². The van der Waals surface area contributed by atoms with E-state index < -0.39 is 11.6 Å². The van der Waals surface area contributed by atoms with Gasteiger partial charge < -0.3 is 19.3 Å². The highest BCUT2D eigenvalue weighted by Gasteiger charge is 2.35. The molecule has 4 atom stereocenters. The largest absolute Gasteiger partial charge is 0.481 e. The average Bonchev–Trinajstić information content (AvgIpc) is 3.95. The number of ketones is 1. The Hall–Kier alpha value is -3.91. The summed E-state index contributed by atoms with van der Waals surface area (Å²) in [6, 6.07) is 6.43. The van der Waals surface area contributed by atoms with Crippen molar-refractivity contribution < 1.29 is 23.0 Å². The Morgan fingerprint density at radius 2 is 1.82 bits per heavy atom. The number of ether oxygens (including phenoxy) is 2. The van der Waals surface area contributed by atoms with Gasteiger partial charge in [0.2, 0.25) is 5.88 Å². The summed E-state index contributed by atoms with van der Waals surface area (Å²) in [4.78, 5) is 20.2. The van der Waals surface area contributed by atoms with E-state index in [2.05, 4.69) is 57.1 Å². The van der Waals surface area contributed by atoms with Crippen LogP contribution < -0.4 is 0 Å². The summed E-state index contributed by atoms with van der Waals surface area (Å²) in [5.74, 6) is 1.31. The number of nitrogens with zero attached hydrogens (tertiary/aromatic N) is 4. The topological polar surface area (TPSA) is 78.2 Å². The lowest BCUT2D eigenvalue weighted by molar-refractivity contribution is -0.112. The highest BCUT2D eigenvalue weighted by atomic mass is 32.1. The third-order valence-corrected chi connectivity index (χ3v) is 13.4.